The summed E-state index contributed by atoms with van der Waals surface area (Å²) in [4.78, 5) is 29.6. The lowest BCUT2D eigenvalue weighted by Gasteiger charge is -2.39. The number of ether oxygens (including phenoxy) is 1. The third-order valence-electron chi connectivity index (χ3n) is 7.70. The summed E-state index contributed by atoms with van der Waals surface area (Å²) < 4.78 is 47.4. The molecular formula is C25H30F3N5O4. The molecule has 1 aromatic carbocycles. The molecule has 12 heteroatoms. The first-order valence-corrected chi connectivity index (χ1v) is 12.5. The Morgan fingerprint density at radius 2 is 1.73 bits per heavy atom. The zero-order chi connectivity index (χ0) is 26.2. The Balaban J connectivity index is 1.22. The fourth-order valence-electron chi connectivity index (χ4n) is 5.62. The Hall–Kier alpha value is -3.12. The van der Waals surface area contributed by atoms with Crippen molar-refractivity contribution >= 4 is 17.7 Å². The number of carbonyl (C=O) groups is 2. The first kappa shape index (κ1) is 25.5. The number of halogens is 3. The van der Waals surface area contributed by atoms with Crippen molar-refractivity contribution in [1.29, 1.82) is 0 Å². The number of amides is 1. The SMILES string of the molecule is O=C(O)c1ccn(C(=O)N2CCC3(CCN(Cc4cc(N5CCOCC5)cc(C(F)(F)F)c4)C3)CC2)n1. The minimum atomic E-state index is -4.41. The van der Waals surface area contributed by atoms with Gasteiger partial charge in [0.25, 0.3) is 0 Å². The van der Waals surface area contributed by atoms with Crippen LogP contribution in [0.3, 0.4) is 0 Å². The van der Waals surface area contributed by atoms with E-state index in [-0.39, 0.29) is 17.1 Å². The van der Waals surface area contributed by atoms with E-state index < -0.39 is 17.7 Å². The van der Waals surface area contributed by atoms with E-state index in [1.165, 1.54) is 24.4 Å². The second kappa shape index (κ2) is 9.97. The van der Waals surface area contributed by atoms with Gasteiger partial charge in [0, 0.05) is 51.2 Å². The minimum Gasteiger partial charge on any atom is -0.476 e. The molecular weight excluding hydrogens is 491 g/mol. The zero-order valence-electron chi connectivity index (χ0n) is 20.4. The topological polar surface area (TPSA) is 91.1 Å². The molecule has 0 bridgehead atoms. The Labute approximate surface area is 212 Å². The number of aromatic carboxylic acids is 1. The van der Waals surface area contributed by atoms with Crippen LogP contribution in [0.2, 0.25) is 0 Å². The van der Waals surface area contributed by atoms with Gasteiger partial charge in [0.05, 0.1) is 18.8 Å². The van der Waals surface area contributed by atoms with E-state index in [1.54, 1.807) is 4.90 Å². The molecule has 1 N–H and O–H groups in total. The average molecular weight is 522 g/mol. The summed E-state index contributed by atoms with van der Waals surface area (Å²) in [6.45, 7) is 5.19. The van der Waals surface area contributed by atoms with E-state index in [9.17, 15) is 22.8 Å². The molecule has 1 amide bonds. The number of hydrogen-bond acceptors (Lipinski definition) is 6. The molecule has 3 fully saturated rings. The lowest BCUT2D eigenvalue weighted by molar-refractivity contribution is -0.137. The smallest absolute Gasteiger partial charge is 0.416 e. The molecule has 0 radical (unpaired) electrons. The average Bonchev–Trinajstić information content (AvgIpc) is 3.52. The molecule has 2 aromatic rings. The van der Waals surface area contributed by atoms with Crippen molar-refractivity contribution in [2.75, 3.05) is 57.4 Å². The first-order valence-electron chi connectivity index (χ1n) is 12.5. The van der Waals surface area contributed by atoms with Crippen molar-refractivity contribution in [2.24, 2.45) is 5.41 Å². The van der Waals surface area contributed by atoms with Gasteiger partial charge >= 0.3 is 18.2 Å². The number of piperidine rings is 1. The predicted molar refractivity (Wildman–Crippen MR) is 128 cm³/mol. The highest BCUT2D eigenvalue weighted by Gasteiger charge is 2.42. The Morgan fingerprint density at radius 3 is 2.38 bits per heavy atom. The molecule has 3 aliphatic heterocycles. The van der Waals surface area contributed by atoms with E-state index in [0.717, 1.165) is 37.0 Å². The number of carboxylic acids is 1. The normalized spacial score (nSPS) is 20.5. The molecule has 0 atom stereocenters. The van der Waals surface area contributed by atoms with Gasteiger partial charge in [0.2, 0.25) is 0 Å². The number of aromatic nitrogens is 2. The number of likely N-dealkylation sites (tertiary alicyclic amines) is 2. The molecule has 3 saturated heterocycles. The molecule has 4 heterocycles. The predicted octanol–water partition coefficient (Wildman–Crippen LogP) is 3.39. The van der Waals surface area contributed by atoms with Crippen molar-refractivity contribution in [2.45, 2.75) is 32.0 Å². The zero-order valence-corrected chi connectivity index (χ0v) is 20.4. The Kier molecular flexibility index (Phi) is 6.88. The maximum absolute atomic E-state index is 13.7. The fourth-order valence-corrected chi connectivity index (χ4v) is 5.62. The molecule has 37 heavy (non-hydrogen) atoms. The number of hydrogen-bond donors (Lipinski definition) is 1. The van der Waals surface area contributed by atoms with Gasteiger partial charge in [-0.3, -0.25) is 4.90 Å². The fraction of sp³-hybridized carbons (Fsp3) is 0.560. The number of morpholine rings is 1. The van der Waals surface area contributed by atoms with Gasteiger partial charge in [-0.1, -0.05) is 0 Å². The van der Waals surface area contributed by atoms with Gasteiger partial charge in [-0.05, 0) is 61.1 Å². The van der Waals surface area contributed by atoms with E-state index >= 15 is 0 Å². The number of alkyl halides is 3. The van der Waals surface area contributed by atoms with Crippen LogP contribution >= 0.6 is 0 Å². The van der Waals surface area contributed by atoms with Gasteiger partial charge in [0.15, 0.2) is 5.69 Å². The number of rotatable bonds is 4. The third-order valence-corrected chi connectivity index (χ3v) is 7.70. The van der Waals surface area contributed by atoms with Crippen LogP contribution in [0.1, 0.15) is 40.9 Å². The largest absolute Gasteiger partial charge is 0.476 e. The summed E-state index contributed by atoms with van der Waals surface area (Å²) in [5.74, 6) is -1.19. The molecule has 1 spiro atoms. The number of anilines is 1. The van der Waals surface area contributed by atoms with Crippen LogP contribution < -0.4 is 4.90 Å². The Bertz CT molecular complexity index is 1150. The second-order valence-electron chi connectivity index (χ2n) is 10.2. The monoisotopic (exact) mass is 521 g/mol. The van der Waals surface area contributed by atoms with E-state index in [2.05, 4.69) is 10.00 Å². The van der Waals surface area contributed by atoms with Crippen LogP contribution in [0.25, 0.3) is 0 Å². The summed E-state index contributed by atoms with van der Waals surface area (Å²) >= 11 is 0. The molecule has 1 aromatic heterocycles. The Morgan fingerprint density at radius 1 is 1.03 bits per heavy atom. The minimum absolute atomic E-state index is 0.0157. The number of nitrogens with zero attached hydrogens (tertiary/aromatic N) is 5. The van der Waals surface area contributed by atoms with Gasteiger partial charge in [-0.15, -0.1) is 0 Å². The van der Waals surface area contributed by atoms with Crippen LogP contribution in [0.4, 0.5) is 23.7 Å². The quantitative estimate of drug-likeness (QED) is 0.660. The molecule has 200 valence electrons. The highest BCUT2D eigenvalue weighted by Crippen LogP contribution is 2.41. The molecule has 0 unspecified atom stereocenters. The number of benzene rings is 1. The highest BCUT2D eigenvalue weighted by molar-refractivity contribution is 5.86. The van der Waals surface area contributed by atoms with E-state index in [4.69, 9.17) is 9.84 Å². The van der Waals surface area contributed by atoms with Crippen molar-refractivity contribution in [1.82, 2.24) is 19.6 Å². The summed E-state index contributed by atoms with van der Waals surface area (Å²) in [5, 5.41) is 12.9. The second-order valence-corrected chi connectivity index (χ2v) is 10.2. The summed E-state index contributed by atoms with van der Waals surface area (Å²) in [6, 6.07) is 5.29. The summed E-state index contributed by atoms with van der Waals surface area (Å²) in [5.41, 5.74) is 0.436. The van der Waals surface area contributed by atoms with Gasteiger partial charge in [0.1, 0.15) is 0 Å². The summed E-state index contributed by atoms with van der Waals surface area (Å²) in [7, 11) is 0. The van der Waals surface area contributed by atoms with Crippen LogP contribution in [-0.4, -0.2) is 89.2 Å². The van der Waals surface area contributed by atoms with Crippen LogP contribution in [0.5, 0.6) is 0 Å². The number of carboxylic acid groups (broad SMARTS) is 1. The van der Waals surface area contributed by atoms with E-state index in [1.807, 2.05) is 11.0 Å². The third kappa shape index (κ3) is 5.59. The maximum atomic E-state index is 13.7. The van der Waals surface area contributed by atoms with Gasteiger partial charge in [-0.2, -0.15) is 23.0 Å². The molecule has 5 rings (SSSR count). The molecule has 3 aliphatic rings. The first-order chi connectivity index (χ1) is 17.6. The lowest BCUT2D eigenvalue weighted by Crippen LogP contribution is -2.45. The lowest BCUT2D eigenvalue weighted by atomic mass is 9.78. The van der Waals surface area contributed by atoms with E-state index in [0.29, 0.717) is 57.2 Å². The van der Waals surface area contributed by atoms with Crippen molar-refractivity contribution < 1.29 is 32.6 Å². The van der Waals surface area contributed by atoms with Gasteiger partial charge < -0.3 is 19.6 Å². The molecule has 9 nitrogen and oxygen atoms in total. The molecule has 0 saturated carbocycles. The van der Waals surface area contributed by atoms with Crippen molar-refractivity contribution in [3.63, 3.8) is 0 Å². The standard InChI is InChI=1S/C25H30F3N5O4/c26-25(27,28)19-13-18(14-20(15-19)31-9-11-37-12-10-31)16-30-6-2-24(17-30)3-7-32(8-4-24)23(36)33-5-1-21(29-33)22(34)35/h1,5,13-15H,2-4,6-12,16-17H2,(H,34,35). The number of carbonyl (C=O) groups excluding carboxylic acids is 1. The van der Waals surface area contributed by atoms with Crippen molar-refractivity contribution in [3.8, 4) is 0 Å². The molecule has 0 aliphatic carbocycles. The maximum Gasteiger partial charge on any atom is 0.416 e. The van der Waals surface area contributed by atoms with Crippen molar-refractivity contribution in [3.05, 3.63) is 47.3 Å². The van der Waals surface area contributed by atoms with Crippen LogP contribution in [0.15, 0.2) is 30.5 Å². The summed E-state index contributed by atoms with van der Waals surface area (Å²) in [6.07, 6.45) is -0.570. The highest BCUT2D eigenvalue weighted by atomic mass is 19.4. The van der Waals surface area contributed by atoms with Crippen LogP contribution in [-0.2, 0) is 17.5 Å². The van der Waals surface area contributed by atoms with Crippen LogP contribution in [0, 0.1) is 5.41 Å². The van der Waals surface area contributed by atoms with Gasteiger partial charge in [-0.25, -0.2) is 9.59 Å².